The first kappa shape index (κ1) is 13.7. The summed E-state index contributed by atoms with van der Waals surface area (Å²) in [5, 5.41) is 12.7. The molecule has 1 aromatic heterocycles. The molecule has 4 rings (SSSR count). The highest BCUT2D eigenvalue weighted by atomic mass is 16.2. The minimum absolute atomic E-state index is 0.165. The van der Waals surface area contributed by atoms with Crippen molar-refractivity contribution in [3.05, 3.63) is 30.0 Å². The molecule has 4 amide bonds. The van der Waals surface area contributed by atoms with Crippen molar-refractivity contribution in [1.29, 1.82) is 0 Å². The SMILES string of the molecule is O=C1NC(=O)C2(CCN(C(=O)c3n[nH]c4ccccc34)CC2)N1. The second kappa shape index (κ2) is 4.80. The number of para-hydroxylation sites is 1. The number of H-pyrrole nitrogens is 1. The molecule has 0 atom stereocenters. The number of amides is 4. The van der Waals surface area contributed by atoms with Crippen molar-refractivity contribution >= 4 is 28.7 Å². The van der Waals surface area contributed by atoms with E-state index in [2.05, 4.69) is 20.8 Å². The lowest BCUT2D eigenvalue weighted by molar-refractivity contribution is -0.125. The fourth-order valence-electron chi connectivity index (χ4n) is 3.25. The minimum Gasteiger partial charge on any atom is -0.337 e. The van der Waals surface area contributed by atoms with E-state index in [9.17, 15) is 14.4 Å². The van der Waals surface area contributed by atoms with Gasteiger partial charge in [0.1, 0.15) is 5.54 Å². The molecule has 0 radical (unpaired) electrons. The fourth-order valence-corrected chi connectivity index (χ4v) is 3.25. The van der Waals surface area contributed by atoms with Crippen LogP contribution in [0.3, 0.4) is 0 Å². The number of benzene rings is 1. The number of carbonyl (C=O) groups excluding carboxylic acids is 3. The summed E-state index contributed by atoms with van der Waals surface area (Å²) < 4.78 is 0. The molecule has 0 saturated carbocycles. The Kier molecular flexibility index (Phi) is 2.87. The topological polar surface area (TPSA) is 107 Å². The molecule has 2 aliphatic rings. The van der Waals surface area contributed by atoms with Gasteiger partial charge in [-0.05, 0) is 18.9 Å². The van der Waals surface area contributed by atoms with Gasteiger partial charge >= 0.3 is 6.03 Å². The molecule has 1 aromatic carbocycles. The molecular weight excluding hydrogens is 298 g/mol. The average Bonchev–Trinajstić information content (AvgIpc) is 3.09. The Morgan fingerprint density at radius 3 is 2.61 bits per heavy atom. The zero-order chi connectivity index (χ0) is 16.0. The van der Waals surface area contributed by atoms with Gasteiger partial charge in [-0.25, -0.2) is 4.79 Å². The van der Waals surface area contributed by atoms with Crippen LogP contribution in [-0.4, -0.2) is 51.6 Å². The monoisotopic (exact) mass is 313 g/mol. The number of urea groups is 1. The van der Waals surface area contributed by atoms with E-state index in [1.54, 1.807) is 4.90 Å². The summed E-state index contributed by atoms with van der Waals surface area (Å²) >= 11 is 0. The zero-order valence-corrected chi connectivity index (χ0v) is 12.3. The van der Waals surface area contributed by atoms with Gasteiger partial charge in [0.15, 0.2) is 5.69 Å². The lowest BCUT2D eigenvalue weighted by atomic mass is 9.87. The first-order chi connectivity index (χ1) is 11.1. The van der Waals surface area contributed by atoms with Gasteiger partial charge in [-0.3, -0.25) is 20.0 Å². The summed E-state index contributed by atoms with van der Waals surface area (Å²) in [4.78, 5) is 37.6. The lowest BCUT2D eigenvalue weighted by Crippen LogP contribution is -2.55. The van der Waals surface area contributed by atoms with Gasteiger partial charge in [0.05, 0.1) is 5.52 Å². The van der Waals surface area contributed by atoms with Gasteiger partial charge in [0, 0.05) is 18.5 Å². The van der Waals surface area contributed by atoms with Crippen molar-refractivity contribution in [1.82, 2.24) is 25.7 Å². The number of nitrogens with zero attached hydrogens (tertiary/aromatic N) is 2. The number of hydrogen-bond donors (Lipinski definition) is 3. The molecule has 8 nitrogen and oxygen atoms in total. The molecule has 1 spiro atoms. The molecule has 2 saturated heterocycles. The Labute approximate surface area is 131 Å². The summed E-state index contributed by atoms with van der Waals surface area (Å²) in [7, 11) is 0. The Bertz CT molecular complexity index is 819. The maximum atomic E-state index is 12.7. The van der Waals surface area contributed by atoms with Gasteiger partial charge in [0.2, 0.25) is 0 Å². The van der Waals surface area contributed by atoms with Crippen molar-refractivity contribution in [3.63, 3.8) is 0 Å². The van der Waals surface area contributed by atoms with Crippen molar-refractivity contribution in [2.75, 3.05) is 13.1 Å². The maximum Gasteiger partial charge on any atom is 0.322 e. The summed E-state index contributed by atoms with van der Waals surface area (Å²) in [6, 6.07) is 6.98. The van der Waals surface area contributed by atoms with Gasteiger partial charge in [-0.2, -0.15) is 5.10 Å². The van der Waals surface area contributed by atoms with E-state index < -0.39 is 11.6 Å². The van der Waals surface area contributed by atoms with Crippen LogP contribution in [0.25, 0.3) is 10.9 Å². The number of carbonyl (C=O) groups is 3. The van der Waals surface area contributed by atoms with E-state index in [0.717, 1.165) is 10.9 Å². The van der Waals surface area contributed by atoms with Crippen molar-refractivity contribution < 1.29 is 14.4 Å². The second-order valence-corrected chi connectivity index (χ2v) is 5.90. The first-order valence-corrected chi connectivity index (χ1v) is 7.45. The van der Waals surface area contributed by atoms with Crippen molar-refractivity contribution in [2.45, 2.75) is 18.4 Å². The average molecular weight is 313 g/mol. The standard InChI is InChI=1S/C15H15N5O3/c21-12(11-9-3-1-2-4-10(9)18-19-11)20-7-5-15(6-8-20)13(22)16-14(23)17-15/h1-4H,5-8H2,(H,18,19)(H2,16,17,22,23). The van der Waals surface area contributed by atoms with E-state index in [-0.39, 0.29) is 11.8 Å². The van der Waals surface area contributed by atoms with Crippen LogP contribution in [0.1, 0.15) is 23.3 Å². The summed E-state index contributed by atoms with van der Waals surface area (Å²) in [5.74, 6) is -0.471. The van der Waals surface area contributed by atoms with Crippen LogP contribution < -0.4 is 10.6 Å². The van der Waals surface area contributed by atoms with Crippen LogP contribution in [-0.2, 0) is 4.79 Å². The summed E-state index contributed by atoms with van der Waals surface area (Å²) in [5.41, 5.74) is 0.324. The number of likely N-dealkylation sites (tertiary alicyclic amines) is 1. The number of fused-ring (bicyclic) bond motifs is 1. The Morgan fingerprint density at radius 1 is 1.17 bits per heavy atom. The number of imide groups is 1. The third kappa shape index (κ3) is 2.06. The van der Waals surface area contributed by atoms with E-state index >= 15 is 0 Å². The highest BCUT2D eigenvalue weighted by Gasteiger charge is 2.48. The highest BCUT2D eigenvalue weighted by Crippen LogP contribution is 2.27. The zero-order valence-electron chi connectivity index (χ0n) is 12.3. The molecule has 0 bridgehead atoms. The third-order valence-corrected chi connectivity index (χ3v) is 4.59. The summed E-state index contributed by atoms with van der Waals surface area (Å²) in [6.45, 7) is 0.793. The Hall–Kier alpha value is -2.90. The fraction of sp³-hybridized carbons (Fsp3) is 0.333. The molecular formula is C15H15N5O3. The van der Waals surface area contributed by atoms with Crippen LogP contribution in [0.15, 0.2) is 24.3 Å². The summed E-state index contributed by atoms with van der Waals surface area (Å²) in [6.07, 6.45) is 0.803. The Morgan fingerprint density at radius 2 is 1.91 bits per heavy atom. The molecule has 118 valence electrons. The second-order valence-electron chi connectivity index (χ2n) is 5.90. The van der Waals surface area contributed by atoms with Crippen molar-refractivity contribution in [3.8, 4) is 0 Å². The highest BCUT2D eigenvalue weighted by molar-refractivity contribution is 6.08. The number of hydrogen-bond acceptors (Lipinski definition) is 4. The predicted molar refractivity (Wildman–Crippen MR) is 80.6 cm³/mol. The normalized spacial score (nSPS) is 19.9. The lowest BCUT2D eigenvalue weighted by Gasteiger charge is -2.36. The quantitative estimate of drug-likeness (QED) is 0.661. The maximum absolute atomic E-state index is 12.7. The van der Waals surface area contributed by atoms with E-state index in [4.69, 9.17) is 0 Å². The molecule has 8 heteroatoms. The van der Waals surface area contributed by atoms with Gasteiger partial charge in [-0.15, -0.1) is 0 Å². The number of nitrogens with one attached hydrogen (secondary N) is 3. The van der Waals surface area contributed by atoms with E-state index in [0.29, 0.717) is 31.6 Å². The van der Waals surface area contributed by atoms with Crippen LogP contribution in [0.4, 0.5) is 4.79 Å². The third-order valence-electron chi connectivity index (χ3n) is 4.59. The molecule has 23 heavy (non-hydrogen) atoms. The van der Waals surface area contributed by atoms with Crippen LogP contribution in [0.2, 0.25) is 0 Å². The van der Waals surface area contributed by atoms with Crippen LogP contribution in [0.5, 0.6) is 0 Å². The van der Waals surface area contributed by atoms with E-state index in [1.807, 2.05) is 24.3 Å². The van der Waals surface area contributed by atoms with Gasteiger partial charge in [0.25, 0.3) is 11.8 Å². The van der Waals surface area contributed by atoms with E-state index in [1.165, 1.54) is 0 Å². The number of rotatable bonds is 1. The first-order valence-electron chi connectivity index (χ1n) is 7.45. The molecule has 2 aliphatic heterocycles. The van der Waals surface area contributed by atoms with Gasteiger partial charge in [-0.1, -0.05) is 18.2 Å². The minimum atomic E-state index is -0.874. The largest absolute Gasteiger partial charge is 0.337 e. The smallest absolute Gasteiger partial charge is 0.322 e. The van der Waals surface area contributed by atoms with Crippen LogP contribution >= 0.6 is 0 Å². The molecule has 3 heterocycles. The number of piperidine rings is 1. The number of aromatic amines is 1. The number of aromatic nitrogens is 2. The molecule has 2 fully saturated rings. The van der Waals surface area contributed by atoms with Gasteiger partial charge < -0.3 is 10.2 Å². The van der Waals surface area contributed by atoms with Crippen LogP contribution in [0, 0.1) is 0 Å². The molecule has 2 aromatic rings. The molecule has 3 N–H and O–H groups in total. The van der Waals surface area contributed by atoms with Crippen molar-refractivity contribution in [2.24, 2.45) is 0 Å². The molecule has 0 aliphatic carbocycles. The Balaban J connectivity index is 1.53. The molecule has 0 unspecified atom stereocenters. The predicted octanol–water partition coefficient (Wildman–Crippen LogP) is 0.377.